The number of thiophene rings is 1. The number of carbonyl (C=O) groups is 2. The highest BCUT2D eigenvalue weighted by Crippen LogP contribution is 2.25. The van der Waals surface area contributed by atoms with Gasteiger partial charge in [0, 0.05) is 30.9 Å². The first-order valence-electron chi connectivity index (χ1n) is 10.3. The Morgan fingerprint density at radius 1 is 1.24 bits per heavy atom. The zero-order valence-electron chi connectivity index (χ0n) is 17.7. The average Bonchev–Trinajstić information content (AvgIpc) is 2.95. The molecule has 2 atom stereocenters. The number of rotatable bonds is 6. The van der Waals surface area contributed by atoms with Crippen LogP contribution in [-0.4, -0.2) is 45.9 Å². The quantitative estimate of drug-likeness (QED) is 0.731. The number of carbonyl (C=O) groups excluding carboxylic acids is 2. The minimum absolute atomic E-state index is 0.0643. The van der Waals surface area contributed by atoms with Crippen molar-refractivity contribution >= 4 is 33.4 Å². The summed E-state index contributed by atoms with van der Waals surface area (Å²) in [5.74, 6) is 1.00. The first kappa shape index (κ1) is 21.5. The molecular weight excluding hydrogens is 388 g/mol. The molecule has 7 nitrogen and oxygen atoms in total. The van der Waals surface area contributed by atoms with E-state index in [1.165, 1.54) is 28.7 Å². The maximum absolute atomic E-state index is 12.6. The molecule has 2 amide bonds. The molecule has 1 fully saturated rings. The van der Waals surface area contributed by atoms with Crippen molar-refractivity contribution in [1.29, 1.82) is 0 Å². The number of nitrogens with zero attached hydrogens (tertiary/aromatic N) is 3. The smallest absolute Gasteiger partial charge is 0.262 e. The normalized spacial score (nSPS) is 19.5. The second kappa shape index (κ2) is 9.07. The number of amides is 2. The number of aromatic nitrogens is 2. The highest BCUT2D eigenvalue weighted by Gasteiger charge is 2.24. The first-order chi connectivity index (χ1) is 13.8. The van der Waals surface area contributed by atoms with E-state index < -0.39 is 0 Å². The molecule has 1 aliphatic heterocycles. The van der Waals surface area contributed by atoms with Crippen molar-refractivity contribution in [2.45, 2.75) is 53.5 Å². The summed E-state index contributed by atoms with van der Waals surface area (Å²) < 4.78 is 1.35. The monoisotopic (exact) mass is 418 g/mol. The fraction of sp³-hybridized carbons (Fsp3) is 0.619. The van der Waals surface area contributed by atoms with Gasteiger partial charge in [0.2, 0.25) is 11.8 Å². The lowest BCUT2D eigenvalue weighted by molar-refractivity contribution is -0.134. The highest BCUT2D eigenvalue weighted by atomic mass is 32.1. The Bertz CT molecular complexity index is 955. The van der Waals surface area contributed by atoms with Gasteiger partial charge in [0.15, 0.2) is 0 Å². The average molecular weight is 419 g/mol. The molecule has 0 bridgehead atoms. The Kier molecular flexibility index (Phi) is 6.72. The van der Waals surface area contributed by atoms with Crippen molar-refractivity contribution in [3.63, 3.8) is 0 Å². The Morgan fingerprint density at radius 3 is 2.62 bits per heavy atom. The number of aryl methyl sites for hydroxylation is 2. The molecule has 29 heavy (non-hydrogen) atoms. The molecule has 1 aliphatic rings. The van der Waals surface area contributed by atoms with Crippen molar-refractivity contribution in [2.24, 2.45) is 11.8 Å². The third kappa shape index (κ3) is 5.04. The van der Waals surface area contributed by atoms with Crippen LogP contribution in [0.1, 0.15) is 43.6 Å². The Hall–Kier alpha value is -2.22. The van der Waals surface area contributed by atoms with Crippen molar-refractivity contribution in [2.75, 3.05) is 19.6 Å². The van der Waals surface area contributed by atoms with Crippen LogP contribution in [0.2, 0.25) is 0 Å². The lowest BCUT2D eigenvalue weighted by atomic mass is 9.91. The number of hydrogen-bond donors (Lipinski definition) is 1. The highest BCUT2D eigenvalue weighted by molar-refractivity contribution is 7.18. The lowest BCUT2D eigenvalue weighted by Gasteiger charge is -2.35. The first-order valence-corrected chi connectivity index (χ1v) is 11.1. The van der Waals surface area contributed by atoms with Crippen LogP contribution in [0.5, 0.6) is 0 Å². The van der Waals surface area contributed by atoms with Gasteiger partial charge in [-0.05, 0) is 44.1 Å². The summed E-state index contributed by atoms with van der Waals surface area (Å²) in [6, 6.07) is 0. The van der Waals surface area contributed by atoms with Gasteiger partial charge in [0.1, 0.15) is 11.4 Å². The summed E-state index contributed by atoms with van der Waals surface area (Å²) in [7, 11) is 0. The molecule has 8 heteroatoms. The van der Waals surface area contributed by atoms with E-state index in [0.29, 0.717) is 41.4 Å². The molecular formula is C21H30N4O3S. The summed E-state index contributed by atoms with van der Waals surface area (Å²) in [6.45, 7) is 10.3. The van der Waals surface area contributed by atoms with Gasteiger partial charge in [0.05, 0.1) is 11.7 Å². The van der Waals surface area contributed by atoms with Crippen molar-refractivity contribution in [3.8, 4) is 0 Å². The maximum Gasteiger partial charge on any atom is 0.262 e. The Morgan fingerprint density at radius 2 is 1.93 bits per heavy atom. The van der Waals surface area contributed by atoms with Gasteiger partial charge in [-0.2, -0.15) is 0 Å². The summed E-state index contributed by atoms with van der Waals surface area (Å²) >= 11 is 1.49. The van der Waals surface area contributed by atoms with E-state index in [1.807, 2.05) is 18.7 Å². The van der Waals surface area contributed by atoms with E-state index in [2.05, 4.69) is 24.1 Å². The van der Waals surface area contributed by atoms with Crippen molar-refractivity contribution < 1.29 is 9.59 Å². The number of piperidine rings is 1. The van der Waals surface area contributed by atoms with Gasteiger partial charge in [-0.25, -0.2) is 4.98 Å². The van der Waals surface area contributed by atoms with E-state index in [-0.39, 0.29) is 23.9 Å². The van der Waals surface area contributed by atoms with E-state index in [9.17, 15) is 14.4 Å². The van der Waals surface area contributed by atoms with Gasteiger partial charge >= 0.3 is 0 Å². The van der Waals surface area contributed by atoms with Crippen LogP contribution < -0.4 is 10.9 Å². The summed E-state index contributed by atoms with van der Waals surface area (Å²) in [6.07, 6.45) is 3.63. The summed E-state index contributed by atoms with van der Waals surface area (Å²) in [4.78, 5) is 45.3. The molecule has 0 aromatic carbocycles. The largest absolute Gasteiger partial charge is 0.355 e. The predicted octanol–water partition coefficient (Wildman–Crippen LogP) is 2.48. The molecule has 158 valence electrons. The molecule has 2 aromatic rings. The van der Waals surface area contributed by atoms with Gasteiger partial charge < -0.3 is 10.2 Å². The molecule has 3 rings (SSSR count). The van der Waals surface area contributed by atoms with Crippen LogP contribution in [0.3, 0.4) is 0 Å². The number of likely N-dealkylation sites (tertiary alicyclic amines) is 1. The molecule has 0 radical (unpaired) electrons. The van der Waals surface area contributed by atoms with Crippen LogP contribution in [0.25, 0.3) is 10.2 Å². The van der Waals surface area contributed by atoms with Crippen LogP contribution in [-0.2, 0) is 16.1 Å². The molecule has 2 aromatic heterocycles. The van der Waals surface area contributed by atoms with E-state index in [4.69, 9.17) is 0 Å². The second-order valence-electron chi connectivity index (χ2n) is 8.34. The van der Waals surface area contributed by atoms with Crippen LogP contribution in [0.15, 0.2) is 11.1 Å². The summed E-state index contributed by atoms with van der Waals surface area (Å²) in [5.41, 5.74) is 0.743. The van der Waals surface area contributed by atoms with E-state index in [0.717, 1.165) is 23.5 Å². The molecule has 1 saturated heterocycles. The standard InChI is InChI=1S/C21H30N4O3S/c1-13-8-14(2)10-24(9-13)18(27)6-5-7-22-17(26)11-25-12-23-20-19(21(25)28)15(3)16(4)29-20/h12-14H,5-11H2,1-4H3,(H,22,26). The lowest BCUT2D eigenvalue weighted by Crippen LogP contribution is -2.42. The zero-order chi connectivity index (χ0) is 21.1. The van der Waals surface area contributed by atoms with Crippen molar-refractivity contribution in [1.82, 2.24) is 19.8 Å². The second-order valence-corrected chi connectivity index (χ2v) is 9.54. The Balaban J connectivity index is 1.47. The van der Waals surface area contributed by atoms with Crippen LogP contribution in [0.4, 0.5) is 0 Å². The number of hydrogen-bond acceptors (Lipinski definition) is 5. The maximum atomic E-state index is 12.6. The Labute approximate surface area is 175 Å². The van der Waals surface area contributed by atoms with Crippen LogP contribution >= 0.6 is 11.3 Å². The zero-order valence-corrected chi connectivity index (χ0v) is 18.5. The van der Waals surface area contributed by atoms with E-state index in [1.54, 1.807) is 0 Å². The van der Waals surface area contributed by atoms with Gasteiger partial charge in [-0.15, -0.1) is 11.3 Å². The van der Waals surface area contributed by atoms with Crippen molar-refractivity contribution in [3.05, 3.63) is 27.1 Å². The molecule has 2 unspecified atom stereocenters. The third-order valence-corrected chi connectivity index (χ3v) is 6.70. The molecule has 0 spiro atoms. The SMILES string of the molecule is Cc1sc2ncn(CC(=O)NCCCC(=O)N3CC(C)CC(C)C3)c(=O)c2c1C. The van der Waals surface area contributed by atoms with Gasteiger partial charge in [-0.1, -0.05) is 13.8 Å². The fourth-order valence-corrected chi connectivity index (χ4v) is 5.07. The summed E-state index contributed by atoms with van der Waals surface area (Å²) in [5, 5.41) is 3.40. The van der Waals surface area contributed by atoms with Crippen LogP contribution in [0, 0.1) is 25.7 Å². The van der Waals surface area contributed by atoms with E-state index >= 15 is 0 Å². The molecule has 0 saturated carbocycles. The van der Waals surface area contributed by atoms with Gasteiger partial charge in [0.25, 0.3) is 5.56 Å². The minimum Gasteiger partial charge on any atom is -0.355 e. The van der Waals surface area contributed by atoms with Gasteiger partial charge in [-0.3, -0.25) is 19.0 Å². The fourth-order valence-electron chi connectivity index (χ4n) is 4.09. The third-order valence-electron chi connectivity index (χ3n) is 5.58. The molecule has 3 heterocycles. The molecule has 0 aliphatic carbocycles. The predicted molar refractivity (Wildman–Crippen MR) is 115 cm³/mol. The minimum atomic E-state index is -0.245. The number of nitrogens with one attached hydrogen (secondary N) is 1. The topological polar surface area (TPSA) is 84.3 Å². The molecule has 1 N–H and O–H groups in total. The number of fused-ring (bicyclic) bond motifs is 1.